The van der Waals surface area contributed by atoms with Crippen LogP contribution >= 0.6 is 0 Å². The van der Waals surface area contributed by atoms with Crippen LogP contribution in [0.25, 0.3) is 0 Å². The highest BCUT2D eigenvalue weighted by Gasteiger charge is 2.89. The average molecular weight is 376 g/mol. The Morgan fingerprint density at radius 3 is 2.70 bits per heavy atom. The number of hydrogen-bond donors (Lipinski definition) is 2. The third kappa shape index (κ3) is 1.59. The molecule has 2 aliphatic heterocycles. The summed E-state index contributed by atoms with van der Waals surface area (Å²) in [6.45, 7) is 1.13. The van der Waals surface area contributed by atoms with E-state index < -0.39 is 34.7 Å². The molecule has 4 fully saturated rings. The van der Waals surface area contributed by atoms with E-state index in [9.17, 15) is 19.8 Å². The first-order chi connectivity index (χ1) is 12.9. The molecule has 2 saturated heterocycles. The minimum Gasteiger partial charge on any atom is -0.472 e. The van der Waals surface area contributed by atoms with Gasteiger partial charge in [0, 0.05) is 18.4 Å². The third-order valence-electron chi connectivity index (χ3n) is 8.00. The Morgan fingerprint density at radius 1 is 1.22 bits per heavy atom. The maximum Gasteiger partial charge on any atom is 0.316 e. The first-order valence-electron chi connectivity index (χ1n) is 9.61. The van der Waals surface area contributed by atoms with Crippen molar-refractivity contribution in [1.82, 2.24) is 0 Å². The number of cyclic esters (lactones) is 1. The summed E-state index contributed by atoms with van der Waals surface area (Å²) in [5.74, 6) is -0.758. The highest BCUT2D eigenvalue weighted by atomic mass is 16.6. The predicted molar refractivity (Wildman–Crippen MR) is 90.4 cm³/mol. The third-order valence-corrected chi connectivity index (χ3v) is 8.00. The number of ketones is 1. The largest absolute Gasteiger partial charge is 0.472 e. The molecule has 2 aliphatic carbocycles. The van der Waals surface area contributed by atoms with Crippen LogP contribution in [0.4, 0.5) is 0 Å². The van der Waals surface area contributed by atoms with Gasteiger partial charge >= 0.3 is 5.97 Å². The molecule has 7 heteroatoms. The van der Waals surface area contributed by atoms with Crippen LogP contribution in [0, 0.1) is 16.7 Å². The van der Waals surface area contributed by atoms with Crippen molar-refractivity contribution in [2.24, 2.45) is 16.7 Å². The van der Waals surface area contributed by atoms with Crippen LogP contribution in [0.2, 0.25) is 0 Å². The monoisotopic (exact) mass is 376 g/mol. The lowest BCUT2D eigenvalue weighted by atomic mass is 9.35. The van der Waals surface area contributed by atoms with Crippen LogP contribution in [0.3, 0.4) is 0 Å². The van der Waals surface area contributed by atoms with E-state index in [4.69, 9.17) is 13.9 Å². The Morgan fingerprint density at radius 2 is 2.04 bits per heavy atom. The molecule has 27 heavy (non-hydrogen) atoms. The molecule has 1 spiro atoms. The highest BCUT2D eigenvalue weighted by molar-refractivity contribution is 5.96. The average Bonchev–Trinajstić information content (AvgIpc) is 3.29. The lowest BCUT2D eigenvalue weighted by molar-refractivity contribution is -0.439. The van der Waals surface area contributed by atoms with Crippen molar-refractivity contribution in [2.45, 2.75) is 56.3 Å². The van der Waals surface area contributed by atoms with Crippen LogP contribution in [0.1, 0.15) is 50.7 Å². The number of furan rings is 1. The summed E-state index contributed by atoms with van der Waals surface area (Å²) in [7, 11) is 0. The van der Waals surface area contributed by atoms with Gasteiger partial charge in [-0.05, 0) is 31.2 Å². The van der Waals surface area contributed by atoms with Gasteiger partial charge in [-0.3, -0.25) is 9.59 Å². The van der Waals surface area contributed by atoms with E-state index in [0.29, 0.717) is 19.3 Å². The molecule has 4 aliphatic rings. The van der Waals surface area contributed by atoms with E-state index in [1.165, 1.54) is 6.26 Å². The fourth-order valence-electron chi connectivity index (χ4n) is 6.81. The number of carbonyl (C=O) groups is 2. The highest BCUT2D eigenvalue weighted by Crippen LogP contribution is 2.77. The van der Waals surface area contributed by atoms with Crippen LogP contribution in [-0.4, -0.2) is 46.4 Å². The normalized spacial score (nSPS) is 48.3. The second-order valence-corrected chi connectivity index (χ2v) is 8.65. The van der Waals surface area contributed by atoms with Gasteiger partial charge in [-0.25, -0.2) is 0 Å². The molecule has 6 atom stereocenters. The summed E-state index contributed by atoms with van der Waals surface area (Å²) in [4.78, 5) is 26.6. The predicted octanol–water partition coefficient (Wildman–Crippen LogP) is 1.53. The molecule has 1 aromatic heterocycles. The minimum atomic E-state index is -1.25. The van der Waals surface area contributed by atoms with E-state index in [-0.39, 0.29) is 30.7 Å². The molecule has 5 rings (SSSR count). The maximum atomic E-state index is 13.3. The van der Waals surface area contributed by atoms with Crippen molar-refractivity contribution < 1.29 is 33.7 Å². The molecule has 2 N–H and O–H groups in total. The van der Waals surface area contributed by atoms with Crippen molar-refractivity contribution in [1.29, 1.82) is 0 Å². The first kappa shape index (κ1) is 17.4. The van der Waals surface area contributed by atoms with Gasteiger partial charge in [0.15, 0.2) is 0 Å². The Balaban J connectivity index is 1.67. The minimum absolute atomic E-state index is 0.109. The van der Waals surface area contributed by atoms with Crippen LogP contribution in [-0.2, 0) is 19.1 Å². The van der Waals surface area contributed by atoms with Crippen molar-refractivity contribution in [3.8, 4) is 0 Å². The van der Waals surface area contributed by atoms with Crippen molar-refractivity contribution >= 4 is 11.8 Å². The molecule has 6 unspecified atom stereocenters. The molecule has 0 aromatic carbocycles. The van der Waals surface area contributed by atoms with Gasteiger partial charge in [-0.2, -0.15) is 0 Å². The summed E-state index contributed by atoms with van der Waals surface area (Å²) in [5, 5.41) is 20.5. The van der Waals surface area contributed by atoms with Crippen LogP contribution in [0.5, 0.6) is 0 Å². The Kier molecular flexibility index (Phi) is 3.36. The number of aliphatic hydroxyl groups is 2. The maximum absolute atomic E-state index is 13.3. The van der Waals surface area contributed by atoms with Gasteiger partial charge in [0.25, 0.3) is 0 Å². The SMILES string of the molecule is CC1CC(=O)C2(CO)C3(CO)CCCC2(O3)C12CC(c1ccoc1)OC2=O. The molecule has 0 radical (unpaired) electrons. The summed E-state index contributed by atoms with van der Waals surface area (Å²) in [5.41, 5.74) is -3.72. The van der Waals surface area contributed by atoms with E-state index >= 15 is 0 Å². The Hall–Kier alpha value is -1.70. The fourth-order valence-corrected chi connectivity index (χ4v) is 6.81. The number of Topliss-reactive ketones (excluding diaryl/α,β-unsaturated/α-hetero) is 1. The summed E-state index contributed by atoms with van der Waals surface area (Å²) >= 11 is 0. The zero-order valence-corrected chi connectivity index (χ0v) is 15.3. The molecular formula is C20H24O7. The number of esters is 1. The van der Waals surface area contributed by atoms with Crippen molar-refractivity contribution in [3.05, 3.63) is 24.2 Å². The molecule has 2 saturated carbocycles. The van der Waals surface area contributed by atoms with Crippen molar-refractivity contribution in [3.63, 3.8) is 0 Å². The topological polar surface area (TPSA) is 106 Å². The second kappa shape index (κ2) is 5.21. The van der Waals surface area contributed by atoms with Gasteiger partial charge in [0.2, 0.25) is 0 Å². The first-order valence-corrected chi connectivity index (χ1v) is 9.61. The molecule has 0 amide bonds. The Labute approximate surface area is 156 Å². The second-order valence-electron chi connectivity index (χ2n) is 8.65. The van der Waals surface area contributed by atoms with Gasteiger partial charge in [0.05, 0.1) is 25.7 Å². The molecule has 146 valence electrons. The van der Waals surface area contributed by atoms with E-state index in [2.05, 4.69) is 0 Å². The molecular weight excluding hydrogens is 352 g/mol. The lowest BCUT2D eigenvalue weighted by Crippen LogP contribution is -2.90. The van der Waals surface area contributed by atoms with Gasteiger partial charge < -0.3 is 24.1 Å². The van der Waals surface area contributed by atoms with Gasteiger partial charge in [-0.1, -0.05) is 6.92 Å². The molecule has 3 heterocycles. The molecule has 1 aromatic rings. The quantitative estimate of drug-likeness (QED) is 0.771. The number of carbonyl (C=O) groups excluding carboxylic acids is 2. The molecule has 7 nitrogen and oxygen atoms in total. The van der Waals surface area contributed by atoms with Crippen molar-refractivity contribution in [2.75, 3.05) is 13.2 Å². The smallest absolute Gasteiger partial charge is 0.316 e. The zero-order chi connectivity index (χ0) is 19.1. The summed E-state index contributed by atoms with van der Waals surface area (Å²) in [6, 6.07) is 1.77. The molecule has 2 bridgehead atoms. The van der Waals surface area contributed by atoms with Crippen LogP contribution < -0.4 is 0 Å². The zero-order valence-electron chi connectivity index (χ0n) is 15.3. The lowest BCUT2D eigenvalue weighted by Gasteiger charge is -2.77. The van der Waals surface area contributed by atoms with E-state index in [1.54, 1.807) is 12.3 Å². The number of rotatable bonds is 3. The number of aliphatic hydroxyl groups excluding tert-OH is 2. The van der Waals surface area contributed by atoms with E-state index in [1.807, 2.05) is 6.92 Å². The van der Waals surface area contributed by atoms with Gasteiger partial charge in [0.1, 0.15) is 33.9 Å². The summed E-state index contributed by atoms with van der Waals surface area (Å²) in [6.07, 6.45) is 4.91. The number of ether oxygens (including phenoxy) is 2. The standard InChI is InChI=1S/C20H24O7/c1-12-7-15(23)19(11-22)17(10-21)4-2-5-20(19,27-17)18(12)8-14(26-16(18)24)13-3-6-25-9-13/h3,6,9,12,14,21-22H,2,4-5,7-8,10-11H2,1H3. The Bertz CT molecular complexity index is 803. The van der Waals surface area contributed by atoms with E-state index in [0.717, 1.165) is 12.0 Å². The number of hydrogen-bond acceptors (Lipinski definition) is 7. The van der Waals surface area contributed by atoms with Crippen LogP contribution in [0.15, 0.2) is 23.0 Å². The summed E-state index contributed by atoms with van der Waals surface area (Å²) < 4.78 is 17.3. The van der Waals surface area contributed by atoms with Gasteiger partial charge in [-0.15, -0.1) is 0 Å². The fraction of sp³-hybridized carbons (Fsp3) is 0.700.